The molecule has 7 heteroatoms. The van der Waals surface area contributed by atoms with Gasteiger partial charge in [0.25, 0.3) is 5.91 Å². The van der Waals surface area contributed by atoms with Crippen molar-refractivity contribution in [2.75, 3.05) is 52.3 Å². The Bertz CT molecular complexity index is 1000. The highest BCUT2D eigenvalue weighted by atomic mass is 16.5. The van der Waals surface area contributed by atoms with Crippen LogP contribution in [0.2, 0.25) is 0 Å². The van der Waals surface area contributed by atoms with Crippen LogP contribution in [0.4, 0.5) is 5.69 Å². The number of amides is 1. The van der Waals surface area contributed by atoms with Crippen molar-refractivity contribution >= 4 is 17.6 Å². The molecule has 7 nitrogen and oxygen atoms in total. The van der Waals surface area contributed by atoms with Crippen molar-refractivity contribution in [2.24, 2.45) is 0 Å². The largest absolute Gasteiger partial charge is 0.493 e. The van der Waals surface area contributed by atoms with Gasteiger partial charge in [-0.1, -0.05) is 89.7 Å². The maximum absolute atomic E-state index is 13.0. The number of hydrogen-bond acceptors (Lipinski definition) is 5. The summed E-state index contributed by atoms with van der Waals surface area (Å²) in [7, 11) is 3.16. The number of aliphatic hydroxyl groups is 1. The molecule has 0 spiro atoms. The molecule has 0 saturated heterocycles. The van der Waals surface area contributed by atoms with E-state index in [0.717, 1.165) is 44.1 Å². The fourth-order valence-electron chi connectivity index (χ4n) is 4.78. The molecule has 0 aliphatic carbocycles. The molecule has 0 aliphatic rings. The topological polar surface area (TPSA) is 84.9 Å². The van der Waals surface area contributed by atoms with Crippen LogP contribution in [0.1, 0.15) is 119 Å². The highest BCUT2D eigenvalue weighted by Gasteiger charge is 2.18. The molecule has 0 aromatic heterocycles. The number of hydrogen-bond donors (Lipinski definition) is 2. The van der Waals surface area contributed by atoms with Gasteiger partial charge in [0, 0.05) is 12.8 Å². The monoisotopic (exact) mass is 599 g/mol. The van der Waals surface area contributed by atoms with E-state index in [2.05, 4.69) is 33.1 Å². The van der Waals surface area contributed by atoms with Gasteiger partial charge in [-0.2, -0.15) is 0 Å². The molecule has 0 bridgehead atoms. The fourth-order valence-corrected chi connectivity index (χ4v) is 4.78. The third-order valence-corrected chi connectivity index (χ3v) is 8.16. The van der Waals surface area contributed by atoms with Crippen LogP contribution in [0, 0.1) is 0 Å². The Kier molecular flexibility index (Phi) is 20.9. The maximum Gasteiger partial charge on any atom is 0.338 e. The van der Waals surface area contributed by atoms with E-state index in [-0.39, 0.29) is 11.9 Å². The van der Waals surface area contributed by atoms with E-state index in [0.29, 0.717) is 35.8 Å². The number of benzene rings is 2. The molecule has 0 unspecified atom stereocenters. The molecule has 2 N–H and O–H groups in total. The summed E-state index contributed by atoms with van der Waals surface area (Å²) in [6.07, 6.45) is 15.6. The number of nitrogens with zero attached hydrogens (tertiary/aromatic N) is 1. The zero-order chi connectivity index (χ0) is 31.8. The van der Waals surface area contributed by atoms with Gasteiger partial charge in [0.2, 0.25) is 0 Å². The van der Waals surface area contributed by atoms with Gasteiger partial charge < -0.3 is 24.4 Å². The lowest BCUT2D eigenvalue weighted by Crippen LogP contribution is -2.46. The molecule has 242 valence electrons. The first-order valence-corrected chi connectivity index (χ1v) is 16.5. The second-order valence-corrected chi connectivity index (χ2v) is 11.4. The molecular weight excluding hydrogens is 540 g/mol. The van der Waals surface area contributed by atoms with Crippen LogP contribution in [0.5, 0.6) is 5.75 Å². The summed E-state index contributed by atoms with van der Waals surface area (Å²) in [5, 5.41) is 9.92. The summed E-state index contributed by atoms with van der Waals surface area (Å²) in [4.78, 5) is 25.4. The van der Waals surface area contributed by atoms with Crippen molar-refractivity contribution in [3.8, 4) is 5.75 Å². The van der Waals surface area contributed by atoms with Crippen LogP contribution in [0.3, 0.4) is 0 Å². The summed E-state index contributed by atoms with van der Waals surface area (Å²) in [6, 6.07) is 14.2. The molecule has 0 aliphatic heterocycles. The number of aliphatic hydroxyl groups excluding tert-OH is 1. The number of likely N-dealkylation sites (N-methyl/N-ethyl adjacent to an activating group) is 1. The summed E-state index contributed by atoms with van der Waals surface area (Å²) in [5.74, 6) is 0.0119. The molecular formula is C36H59N2O5+. The number of anilines is 1. The van der Waals surface area contributed by atoms with E-state index in [1.165, 1.54) is 64.2 Å². The first-order valence-electron chi connectivity index (χ1n) is 16.5. The lowest BCUT2D eigenvalue weighted by atomic mass is 10.1. The number of rotatable bonds is 22. The fraction of sp³-hybridized carbons (Fsp3) is 0.611. The lowest BCUT2D eigenvalue weighted by Gasteiger charge is -2.31. The number of carbonyl (C=O) groups excluding carboxylic acids is 2. The Hall–Kier alpha value is -2.90. The van der Waals surface area contributed by atoms with Crippen molar-refractivity contribution in [3.05, 3.63) is 59.7 Å². The Morgan fingerprint density at radius 3 is 1.81 bits per heavy atom. The van der Waals surface area contributed by atoms with Crippen LogP contribution >= 0.6 is 0 Å². The van der Waals surface area contributed by atoms with Gasteiger partial charge in [0.05, 0.1) is 37.9 Å². The normalized spacial score (nSPS) is 10.9. The third-order valence-electron chi connectivity index (χ3n) is 8.16. The van der Waals surface area contributed by atoms with Gasteiger partial charge in [0.15, 0.2) is 0 Å². The van der Waals surface area contributed by atoms with E-state index in [9.17, 15) is 9.59 Å². The third kappa shape index (κ3) is 15.9. The Morgan fingerprint density at radius 1 is 0.721 bits per heavy atom. The average Bonchev–Trinajstić information content (AvgIpc) is 3.04. The minimum Gasteiger partial charge on any atom is -0.493 e. The average molecular weight is 600 g/mol. The molecule has 2 rings (SSSR count). The molecule has 0 heterocycles. The van der Waals surface area contributed by atoms with Crippen LogP contribution in [-0.2, 0) is 4.74 Å². The Morgan fingerprint density at radius 2 is 1.26 bits per heavy atom. The van der Waals surface area contributed by atoms with Crippen LogP contribution in [0.15, 0.2) is 48.5 Å². The van der Waals surface area contributed by atoms with Crippen LogP contribution < -0.4 is 10.1 Å². The number of para-hydroxylation sites is 1. The summed E-state index contributed by atoms with van der Waals surface area (Å²) in [5.41, 5.74) is 1.59. The molecule has 0 atom stereocenters. The molecule has 2 aromatic rings. The Balaban J connectivity index is 0.00000452. The van der Waals surface area contributed by atoms with Crippen molar-refractivity contribution in [1.82, 2.24) is 0 Å². The summed E-state index contributed by atoms with van der Waals surface area (Å²) in [6.45, 7) is 10.3. The molecule has 1 amide bonds. The van der Waals surface area contributed by atoms with Gasteiger partial charge >= 0.3 is 5.97 Å². The van der Waals surface area contributed by atoms with E-state index in [4.69, 9.17) is 14.6 Å². The van der Waals surface area contributed by atoms with Crippen molar-refractivity contribution in [2.45, 2.75) is 97.8 Å². The van der Waals surface area contributed by atoms with Gasteiger partial charge in [-0.25, -0.2) is 4.79 Å². The standard InChI is InChI=1S/C35H54N2O4.CH4O/c1-5-8-9-10-11-12-13-14-15-16-17-20-28-40-33-22-19-18-21-32(33)34(38)36-31-25-23-30(24-26-31)35(39)41-29-27-37(4,6-2)7-3;1-2/h18-19,21-26H,5-17,20,27-29H2,1-4H3;2H,1H3/p+1. The minimum absolute atomic E-state index is 0.234. The second kappa shape index (κ2) is 23.5. The zero-order valence-electron chi connectivity index (χ0n) is 27.7. The number of unbranched alkanes of at least 4 members (excludes halogenated alkanes) is 11. The lowest BCUT2D eigenvalue weighted by molar-refractivity contribution is -0.906. The summed E-state index contributed by atoms with van der Waals surface area (Å²) < 4.78 is 12.3. The highest BCUT2D eigenvalue weighted by Crippen LogP contribution is 2.21. The van der Waals surface area contributed by atoms with E-state index in [1.807, 2.05) is 18.2 Å². The minimum atomic E-state index is -0.349. The van der Waals surface area contributed by atoms with Crippen LogP contribution in [-0.4, -0.2) is 68.5 Å². The first kappa shape index (κ1) is 38.1. The molecule has 0 radical (unpaired) electrons. The van der Waals surface area contributed by atoms with Crippen LogP contribution in [0.25, 0.3) is 0 Å². The summed E-state index contributed by atoms with van der Waals surface area (Å²) >= 11 is 0. The predicted molar refractivity (Wildman–Crippen MR) is 178 cm³/mol. The maximum atomic E-state index is 13.0. The quantitative estimate of drug-likeness (QED) is 0.0808. The first-order chi connectivity index (χ1) is 20.9. The molecule has 0 saturated carbocycles. The number of ether oxygens (including phenoxy) is 2. The number of quaternary nitrogens is 1. The number of esters is 1. The molecule has 0 fully saturated rings. The van der Waals surface area contributed by atoms with E-state index in [1.54, 1.807) is 30.3 Å². The van der Waals surface area contributed by atoms with E-state index >= 15 is 0 Å². The van der Waals surface area contributed by atoms with Crippen molar-refractivity contribution in [1.29, 1.82) is 0 Å². The second-order valence-electron chi connectivity index (χ2n) is 11.4. The van der Waals surface area contributed by atoms with Gasteiger partial charge in [0.1, 0.15) is 18.9 Å². The smallest absolute Gasteiger partial charge is 0.338 e. The number of carbonyl (C=O) groups is 2. The SMILES string of the molecule is CCCCCCCCCCCCCCOc1ccccc1C(=O)Nc1ccc(C(=O)OCC[N+](C)(CC)CC)cc1.CO. The van der Waals surface area contributed by atoms with Crippen molar-refractivity contribution in [3.63, 3.8) is 0 Å². The number of nitrogens with one attached hydrogen (secondary N) is 1. The van der Waals surface area contributed by atoms with Gasteiger partial charge in [-0.3, -0.25) is 4.79 Å². The zero-order valence-corrected chi connectivity index (χ0v) is 27.7. The predicted octanol–water partition coefficient (Wildman–Crippen LogP) is 8.27. The van der Waals surface area contributed by atoms with Gasteiger partial charge in [-0.05, 0) is 56.7 Å². The molecule has 43 heavy (non-hydrogen) atoms. The highest BCUT2D eigenvalue weighted by molar-refractivity contribution is 6.06. The Labute approximate surface area is 261 Å². The van der Waals surface area contributed by atoms with Crippen molar-refractivity contribution < 1.29 is 28.7 Å². The van der Waals surface area contributed by atoms with Gasteiger partial charge in [-0.15, -0.1) is 0 Å². The van der Waals surface area contributed by atoms with E-state index < -0.39 is 0 Å². The molecule has 2 aromatic carbocycles.